The van der Waals surface area contributed by atoms with E-state index in [1.807, 2.05) is 19.1 Å². The number of para-hydroxylation sites is 2. The maximum Gasteiger partial charge on any atom is 0.327 e. The van der Waals surface area contributed by atoms with E-state index in [9.17, 15) is 14.4 Å². The lowest BCUT2D eigenvalue weighted by molar-refractivity contribution is -0.147. The van der Waals surface area contributed by atoms with Gasteiger partial charge in [-0.05, 0) is 49.6 Å². The van der Waals surface area contributed by atoms with Crippen molar-refractivity contribution in [2.24, 2.45) is 5.92 Å². The third-order valence-corrected chi connectivity index (χ3v) is 7.72. The van der Waals surface area contributed by atoms with Crippen molar-refractivity contribution in [1.82, 2.24) is 9.80 Å². The number of hydrogen-bond donors (Lipinski definition) is 1. The second-order valence-corrected chi connectivity index (χ2v) is 10.0. The first-order valence-corrected chi connectivity index (χ1v) is 13.2. The number of benzene rings is 2. The van der Waals surface area contributed by atoms with Crippen molar-refractivity contribution >= 4 is 23.5 Å². The molecule has 4 unspecified atom stereocenters. The lowest BCUT2D eigenvalue weighted by Gasteiger charge is -2.43. The molecule has 0 spiro atoms. The van der Waals surface area contributed by atoms with Gasteiger partial charge >= 0.3 is 6.03 Å². The number of nitrogens with zero attached hydrogens (tertiary/aromatic N) is 2. The Morgan fingerprint density at radius 1 is 1.08 bits per heavy atom. The Morgan fingerprint density at radius 3 is 2.76 bits per heavy atom. The largest absolute Gasteiger partial charge is 0.492 e. The molecule has 200 valence electrons. The SMILES string of the molecule is CCOc1ccccc1NC(=O)CN1C(=O)N(Cc2ccc3c(c2)OCO3)C(=O)C2OC3CCCCC3C21. The number of anilines is 1. The second kappa shape index (κ2) is 10.2. The molecule has 0 radical (unpaired) electrons. The number of urea groups is 1. The summed E-state index contributed by atoms with van der Waals surface area (Å²) in [6.45, 7) is 2.31. The number of imide groups is 1. The van der Waals surface area contributed by atoms with Gasteiger partial charge in [-0.25, -0.2) is 4.79 Å². The van der Waals surface area contributed by atoms with Crippen LogP contribution < -0.4 is 19.5 Å². The number of carbonyl (C=O) groups excluding carboxylic acids is 3. The molecule has 0 bridgehead atoms. The molecule has 4 atom stereocenters. The van der Waals surface area contributed by atoms with E-state index in [1.54, 1.807) is 30.3 Å². The van der Waals surface area contributed by atoms with Crippen LogP contribution in [0.15, 0.2) is 42.5 Å². The van der Waals surface area contributed by atoms with Gasteiger partial charge in [0.05, 0.1) is 31.0 Å². The minimum absolute atomic E-state index is 0.0258. The van der Waals surface area contributed by atoms with E-state index in [4.69, 9.17) is 18.9 Å². The number of carbonyl (C=O) groups is 3. The number of nitrogens with one attached hydrogen (secondary N) is 1. The van der Waals surface area contributed by atoms with Crippen molar-refractivity contribution in [2.45, 2.75) is 57.4 Å². The first-order valence-electron chi connectivity index (χ1n) is 13.2. The van der Waals surface area contributed by atoms with Crippen molar-refractivity contribution in [3.63, 3.8) is 0 Å². The van der Waals surface area contributed by atoms with Crippen LogP contribution in [0.3, 0.4) is 0 Å². The van der Waals surface area contributed by atoms with E-state index in [2.05, 4.69) is 5.32 Å². The molecule has 10 nitrogen and oxygen atoms in total. The monoisotopic (exact) mass is 521 g/mol. The van der Waals surface area contributed by atoms with E-state index < -0.39 is 18.2 Å². The Kier molecular flexibility index (Phi) is 6.57. The fourth-order valence-corrected chi connectivity index (χ4v) is 6.04. The zero-order chi connectivity index (χ0) is 26.2. The number of rotatable bonds is 7. The fourth-order valence-electron chi connectivity index (χ4n) is 6.04. The average molecular weight is 522 g/mol. The van der Waals surface area contributed by atoms with Gasteiger partial charge in [-0.2, -0.15) is 0 Å². The summed E-state index contributed by atoms with van der Waals surface area (Å²) in [5.74, 6) is 1.06. The smallest absolute Gasteiger partial charge is 0.327 e. The van der Waals surface area contributed by atoms with E-state index in [-0.39, 0.29) is 43.7 Å². The van der Waals surface area contributed by atoms with Crippen LogP contribution in [0.5, 0.6) is 17.2 Å². The number of fused-ring (bicyclic) bond motifs is 4. The predicted octanol–water partition coefficient (Wildman–Crippen LogP) is 3.54. The summed E-state index contributed by atoms with van der Waals surface area (Å²) in [7, 11) is 0. The standard InChI is InChI=1S/C28H31N3O7/c1-2-35-21-10-6-4-8-19(21)29-24(32)15-30-25-18-7-3-5-9-20(18)38-26(25)27(33)31(28(30)34)14-17-11-12-22-23(13-17)37-16-36-22/h4,6,8,10-13,18,20,25-26H,2-3,5,7,9,14-16H2,1H3,(H,29,32). The Balaban J connectivity index is 1.26. The van der Waals surface area contributed by atoms with Gasteiger partial charge in [-0.15, -0.1) is 0 Å². The number of hydrogen-bond acceptors (Lipinski definition) is 7. The summed E-state index contributed by atoms with van der Waals surface area (Å²) in [4.78, 5) is 43.5. The molecule has 3 aliphatic heterocycles. The Bertz CT molecular complexity index is 1250. The Labute approximate surface area is 220 Å². The molecular weight excluding hydrogens is 490 g/mol. The fraction of sp³-hybridized carbons (Fsp3) is 0.464. The minimum atomic E-state index is -0.793. The van der Waals surface area contributed by atoms with Crippen molar-refractivity contribution in [3.8, 4) is 17.2 Å². The Hall–Kier alpha value is -3.79. The van der Waals surface area contributed by atoms with Crippen LogP contribution in [0.1, 0.15) is 38.2 Å². The van der Waals surface area contributed by atoms with E-state index in [0.29, 0.717) is 29.5 Å². The van der Waals surface area contributed by atoms with Crippen LogP contribution in [-0.4, -0.2) is 65.8 Å². The van der Waals surface area contributed by atoms with E-state index in [0.717, 1.165) is 31.2 Å². The normalized spacial score (nSPS) is 25.7. The molecule has 10 heteroatoms. The number of ether oxygens (including phenoxy) is 4. The van der Waals surface area contributed by atoms with Gasteiger partial charge in [0.25, 0.3) is 5.91 Å². The van der Waals surface area contributed by atoms with Gasteiger partial charge in [0.1, 0.15) is 12.3 Å². The van der Waals surface area contributed by atoms with Gasteiger partial charge in [-0.3, -0.25) is 14.5 Å². The van der Waals surface area contributed by atoms with Gasteiger partial charge in [0.15, 0.2) is 17.6 Å². The molecular formula is C28H31N3O7. The van der Waals surface area contributed by atoms with Crippen molar-refractivity contribution < 1.29 is 33.3 Å². The van der Waals surface area contributed by atoms with Crippen LogP contribution in [-0.2, 0) is 20.9 Å². The summed E-state index contributed by atoms with van der Waals surface area (Å²) in [5, 5.41) is 2.89. The zero-order valence-corrected chi connectivity index (χ0v) is 21.3. The van der Waals surface area contributed by atoms with Crippen LogP contribution in [0.25, 0.3) is 0 Å². The Morgan fingerprint density at radius 2 is 1.89 bits per heavy atom. The highest BCUT2D eigenvalue weighted by molar-refractivity contribution is 6.03. The van der Waals surface area contributed by atoms with Crippen molar-refractivity contribution in [3.05, 3.63) is 48.0 Å². The van der Waals surface area contributed by atoms with Gasteiger partial charge in [-0.1, -0.05) is 31.0 Å². The maximum atomic E-state index is 13.9. The summed E-state index contributed by atoms with van der Waals surface area (Å²) < 4.78 is 22.7. The van der Waals surface area contributed by atoms with Crippen LogP contribution >= 0.6 is 0 Å². The molecule has 3 fully saturated rings. The highest BCUT2D eigenvalue weighted by atomic mass is 16.7. The summed E-state index contributed by atoms with van der Waals surface area (Å²) >= 11 is 0. The highest BCUT2D eigenvalue weighted by Crippen LogP contribution is 2.43. The molecule has 38 heavy (non-hydrogen) atoms. The van der Waals surface area contributed by atoms with Gasteiger partial charge < -0.3 is 29.2 Å². The van der Waals surface area contributed by atoms with Gasteiger partial charge in [0.2, 0.25) is 12.7 Å². The van der Waals surface area contributed by atoms with Crippen LogP contribution in [0.2, 0.25) is 0 Å². The summed E-state index contributed by atoms with van der Waals surface area (Å²) in [6, 6.07) is 11.6. The molecule has 6 rings (SSSR count). The molecule has 4 aliphatic rings. The van der Waals surface area contributed by atoms with Crippen LogP contribution in [0, 0.1) is 5.92 Å². The first kappa shape index (κ1) is 24.5. The molecule has 1 saturated carbocycles. The lowest BCUT2D eigenvalue weighted by Crippen LogP contribution is -2.65. The molecule has 0 aromatic heterocycles. The minimum Gasteiger partial charge on any atom is -0.492 e. The molecule has 1 aliphatic carbocycles. The van der Waals surface area contributed by atoms with E-state index in [1.165, 1.54) is 9.80 Å². The maximum absolute atomic E-state index is 13.9. The van der Waals surface area contributed by atoms with Gasteiger partial charge in [0, 0.05) is 5.92 Å². The lowest BCUT2D eigenvalue weighted by atomic mass is 9.81. The highest BCUT2D eigenvalue weighted by Gasteiger charge is 2.57. The predicted molar refractivity (Wildman–Crippen MR) is 136 cm³/mol. The first-order chi connectivity index (χ1) is 18.5. The summed E-state index contributed by atoms with van der Waals surface area (Å²) in [6.07, 6.45) is 2.86. The molecule has 3 heterocycles. The zero-order valence-electron chi connectivity index (χ0n) is 21.3. The quantitative estimate of drug-likeness (QED) is 0.594. The molecule has 2 aromatic carbocycles. The summed E-state index contributed by atoms with van der Waals surface area (Å²) in [5.41, 5.74) is 1.26. The number of amides is 4. The second-order valence-electron chi connectivity index (χ2n) is 10.0. The molecule has 2 saturated heterocycles. The third kappa shape index (κ3) is 4.42. The van der Waals surface area contributed by atoms with Crippen molar-refractivity contribution in [2.75, 3.05) is 25.3 Å². The van der Waals surface area contributed by atoms with E-state index >= 15 is 0 Å². The van der Waals surface area contributed by atoms with Crippen molar-refractivity contribution in [1.29, 1.82) is 0 Å². The topological polar surface area (TPSA) is 107 Å². The molecule has 2 aromatic rings. The van der Waals surface area contributed by atoms with Crippen LogP contribution in [0.4, 0.5) is 10.5 Å². The molecule has 4 amide bonds. The third-order valence-electron chi connectivity index (χ3n) is 7.72. The molecule has 1 N–H and O–H groups in total. The average Bonchev–Trinajstić information content (AvgIpc) is 3.55.